The number of rotatable bonds is 4. The normalized spacial score (nSPS) is 19.2. The van der Waals surface area contributed by atoms with Crippen LogP contribution in [0, 0.1) is 8.99 Å². The lowest BCUT2D eigenvalue weighted by Crippen LogP contribution is -2.39. The van der Waals surface area contributed by atoms with Crippen molar-refractivity contribution in [2.24, 2.45) is 5.41 Å². The first-order chi connectivity index (χ1) is 9.37. The third-order valence-corrected chi connectivity index (χ3v) is 5.21. The lowest BCUT2D eigenvalue weighted by Gasteiger charge is -2.38. The predicted octanol–water partition coefficient (Wildman–Crippen LogP) is 4.37. The largest absolute Gasteiger partial charge is 0.296 e. The van der Waals surface area contributed by atoms with Gasteiger partial charge in [0.15, 0.2) is 5.78 Å². The molecule has 0 atom stereocenters. The molecule has 0 aromatic heterocycles. The second kappa shape index (κ2) is 6.56. The molecule has 0 amide bonds. The number of likely N-dealkylation sites (N-methyl/N-ethyl adjacent to an activating group) is 1. The summed E-state index contributed by atoms with van der Waals surface area (Å²) in [6, 6.07) is 8.42. The second-order valence-electron chi connectivity index (χ2n) is 6.74. The Morgan fingerprint density at radius 2 is 1.80 bits per heavy atom. The third-order valence-electron chi connectivity index (χ3n) is 4.49. The summed E-state index contributed by atoms with van der Waals surface area (Å²) >= 11 is 2.26. The van der Waals surface area contributed by atoms with Crippen molar-refractivity contribution >= 4 is 28.4 Å². The molecule has 2 rings (SSSR count). The molecule has 0 unspecified atom stereocenters. The molecule has 110 valence electrons. The topological polar surface area (TPSA) is 20.3 Å². The number of halogens is 1. The zero-order valence-electron chi connectivity index (χ0n) is 12.7. The molecule has 0 radical (unpaired) electrons. The first-order valence-corrected chi connectivity index (χ1v) is 8.44. The lowest BCUT2D eigenvalue weighted by atomic mass is 9.75. The maximum Gasteiger partial charge on any atom is 0.176 e. The van der Waals surface area contributed by atoms with Crippen molar-refractivity contribution in [1.82, 2.24) is 4.90 Å². The van der Waals surface area contributed by atoms with Crippen LogP contribution in [0.1, 0.15) is 49.9 Å². The molecule has 2 nitrogen and oxygen atoms in total. The van der Waals surface area contributed by atoms with Crippen molar-refractivity contribution in [2.45, 2.75) is 45.6 Å². The van der Waals surface area contributed by atoms with Gasteiger partial charge < -0.3 is 0 Å². The summed E-state index contributed by atoms with van der Waals surface area (Å²) in [7, 11) is 2.09. The number of benzene rings is 1. The van der Waals surface area contributed by atoms with E-state index in [-0.39, 0.29) is 5.78 Å². The molecule has 1 fully saturated rings. The molecule has 20 heavy (non-hydrogen) atoms. The molecular weight excluding hydrogens is 361 g/mol. The maximum atomic E-state index is 12.3. The van der Waals surface area contributed by atoms with Gasteiger partial charge in [0, 0.05) is 15.2 Å². The van der Waals surface area contributed by atoms with E-state index in [2.05, 4.69) is 48.4 Å². The molecule has 3 heteroatoms. The number of hydrogen-bond acceptors (Lipinski definition) is 2. The van der Waals surface area contributed by atoms with Crippen LogP contribution in [-0.2, 0) is 0 Å². The van der Waals surface area contributed by atoms with Crippen molar-refractivity contribution in [3.63, 3.8) is 0 Å². The van der Waals surface area contributed by atoms with E-state index in [9.17, 15) is 4.79 Å². The van der Waals surface area contributed by atoms with Gasteiger partial charge in [-0.05, 0) is 72.9 Å². The van der Waals surface area contributed by atoms with Gasteiger partial charge in [0.25, 0.3) is 0 Å². The highest BCUT2D eigenvalue weighted by atomic mass is 127. The van der Waals surface area contributed by atoms with Crippen LogP contribution in [0.2, 0.25) is 0 Å². The van der Waals surface area contributed by atoms with Crippen molar-refractivity contribution in [3.05, 3.63) is 33.4 Å². The quantitative estimate of drug-likeness (QED) is 0.567. The molecule has 0 bridgehead atoms. The molecule has 0 saturated heterocycles. The number of Topliss-reactive ketones (excluding diaryl/α,β-unsaturated/α-hetero) is 1. The van der Waals surface area contributed by atoms with Crippen LogP contribution >= 0.6 is 22.6 Å². The molecule has 1 saturated carbocycles. The van der Waals surface area contributed by atoms with E-state index in [0.29, 0.717) is 18.0 Å². The van der Waals surface area contributed by atoms with Crippen LogP contribution in [0.25, 0.3) is 0 Å². The Kier molecular flexibility index (Phi) is 5.24. The smallest absolute Gasteiger partial charge is 0.176 e. The fraction of sp³-hybridized carbons (Fsp3) is 0.588. The molecule has 1 aromatic rings. The Morgan fingerprint density at radius 3 is 2.35 bits per heavy atom. The maximum absolute atomic E-state index is 12.3. The highest BCUT2D eigenvalue weighted by Gasteiger charge is 2.29. The molecule has 1 aliphatic carbocycles. The van der Waals surface area contributed by atoms with Crippen molar-refractivity contribution in [2.75, 3.05) is 13.6 Å². The number of hydrogen-bond donors (Lipinski definition) is 0. The van der Waals surface area contributed by atoms with E-state index in [1.165, 1.54) is 29.3 Å². The fourth-order valence-electron chi connectivity index (χ4n) is 2.91. The van der Waals surface area contributed by atoms with Gasteiger partial charge in [0.2, 0.25) is 0 Å². The Bertz CT molecular complexity index is 456. The molecule has 0 heterocycles. The van der Waals surface area contributed by atoms with Crippen LogP contribution in [0.5, 0.6) is 0 Å². The van der Waals surface area contributed by atoms with Gasteiger partial charge in [-0.15, -0.1) is 0 Å². The van der Waals surface area contributed by atoms with E-state index in [1.54, 1.807) is 0 Å². The number of ketones is 1. The zero-order chi connectivity index (χ0) is 14.8. The van der Waals surface area contributed by atoms with E-state index < -0.39 is 0 Å². The third kappa shape index (κ3) is 4.29. The summed E-state index contributed by atoms with van der Waals surface area (Å²) < 4.78 is 1.17. The number of carbonyl (C=O) groups excluding carboxylic acids is 1. The minimum atomic E-state index is 0.230. The molecule has 1 aliphatic rings. The summed E-state index contributed by atoms with van der Waals surface area (Å²) in [5, 5.41) is 0. The van der Waals surface area contributed by atoms with Gasteiger partial charge in [-0.25, -0.2) is 0 Å². The van der Waals surface area contributed by atoms with Gasteiger partial charge >= 0.3 is 0 Å². The fourth-order valence-corrected chi connectivity index (χ4v) is 3.27. The van der Waals surface area contributed by atoms with Crippen molar-refractivity contribution in [1.29, 1.82) is 0 Å². The SMILES string of the molecule is CN(CC(=O)c1ccc(I)cc1)C1CCC(C)(C)CC1. The van der Waals surface area contributed by atoms with E-state index in [1.807, 2.05) is 24.3 Å². The van der Waals surface area contributed by atoms with E-state index >= 15 is 0 Å². The average molecular weight is 385 g/mol. The Hall–Kier alpha value is -0.420. The summed E-state index contributed by atoms with van der Waals surface area (Å²) in [6.07, 6.45) is 4.95. The van der Waals surface area contributed by atoms with Crippen molar-refractivity contribution in [3.8, 4) is 0 Å². The van der Waals surface area contributed by atoms with Gasteiger partial charge in [0.1, 0.15) is 0 Å². The highest BCUT2D eigenvalue weighted by Crippen LogP contribution is 2.36. The average Bonchev–Trinajstić information content (AvgIpc) is 2.39. The standard InChI is InChI=1S/C17H24INO/c1-17(2)10-8-15(9-11-17)19(3)12-16(20)13-4-6-14(18)7-5-13/h4-7,15H,8-12H2,1-3H3. The van der Waals surface area contributed by atoms with Crippen molar-refractivity contribution < 1.29 is 4.79 Å². The minimum Gasteiger partial charge on any atom is -0.296 e. The van der Waals surface area contributed by atoms with Crippen LogP contribution < -0.4 is 0 Å². The molecule has 0 N–H and O–H groups in total. The number of nitrogens with zero attached hydrogens (tertiary/aromatic N) is 1. The summed E-state index contributed by atoms with van der Waals surface area (Å²) in [6.45, 7) is 5.23. The molecular formula is C17H24INO. The first-order valence-electron chi connectivity index (χ1n) is 7.36. The lowest BCUT2D eigenvalue weighted by molar-refractivity contribution is 0.0851. The summed E-state index contributed by atoms with van der Waals surface area (Å²) in [4.78, 5) is 14.5. The van der Waals surface area contributed by atoms with Gasteiger partial charge in [-0.1, -0.05) is 26.0 Å². The first kappa shape index (κ1) is 16.0. The Balaban J connectivity index is 1.90. The highest BCUT2D eigenvalue weighted by molar-refractivity contribution is 14.1. The van der Waals surface area contributed by atoms with Crippen LogP contribution in [0.15, 0.2) is 24.3 Å². The molecule has 0 spiro atoms. The number of carbonyl (C=O) groups is 1. The van der Waals surface area contributed by atoms with E-state index in [0.717, 1.165) is 5.56 Å². The minimum absolute atomic E-state index is 0.230. The monoisotopic (exact) mass is 385 g/mol. The van der Waals surface area contributed by atoms with Gasteiger partial charge in [-0.3, -0.25) is 9.69 Å². The van der Waals surface area contributed by atoms with Gasteiger partial charge in [-0.2, -0.15) is 0 Å². The summed E-state index contributed by atoms with van der Waals surface area (Å²) in [5.41, 5.74) is 1.31. The predicted molar refractivity (Wildman–Crippen MR) is 92.2 cm³/mol. The molecule has 0 aliphatic heterocycles. The second-order valence-corrected chi connectivity index (χ2v) is 7.99. The Morgan fingerprint density at radius 1 is 1.25 bits per heavy atom. The van der Waals surface area contributed by atoms with Crippen LogP contribution in [-0.4, -0.2) is 30.3 Å². The Labute approximate surface area is 136 Å². The van der Waals surface area contributed by atoms with E-state index in [4.69, 9.17) is 0 Å². The zero-order valence-corrected chi connectivity index (χ0v) is 14.8. The molecule has 1 aromatic carbocycles. The van der Waals surface area contributed by atoms with Gasteiger partial charge in [0.05, 0.1) is 6.54 Å². The van der Waals surface area contributed by atoms with Crippen LogP contribution in [0.4, 0.5) is 0 Å². The van der Waals surface area contributed by atoms with Crippen LogP contribution in [0.3, 0.4) is 0 Å². The summed E-state index contributed by atoms with van der Waals surface area (Å²) in [5.74, 6) is 0.230.